The van der Waals surface area contributed by atoms with Crippen LogP contribution >= 0.6 is 50.5 Å². The molecule has 0 aliphatic rings. The van der Waals surface area contributed by atoms with E-state index in [-0.39, 0.29) is 75.1 Å². The van der Waals surface area contributed by atoms with Gasteiger partial charge in [-0.05, 0) is 0 Å². The summed E-state index contributed by atoms with van der Waals surface area (Å²) in [5, 5.41) is 0. The van der Waals surface area contributed by atoms with E-state index in [1.165, 1.54) is 154 Å². The zero-order chi connectivity index (χ0) is 61.9. The van der Waals surface area contributed by atoms with Crippen molar-refractivity contribution in [2.24, 2.45) is 5.41 Å². The summed E-state index contributed by atoms with van der Waals surface area (Å²) in [6.07, 6.45) is 35.7. The van der Waals surface area contributed by atoms with E-state index >= 15 is 0 Å². The van der Waals surface area contributed by atoms with Gasteiger partial charge in [0.2, 0.25) is 0 Å². The van der Waals surface area contributed by atoms with E-state index in [1.807, 2.05) is 0 Å². The molecule has 0 heterocycles. The molecule has 484 valence electrons. The van der Waals surface area contributed by atoms with Gasteiger partial charge in [0.05, 0.1) is 25.7 Å². The maximum absolute atomic E-state index is 11.8. The van der Waals surface area contributed by atoms with Gasteiger partial charge in [-0.25, -0.2) is 0 Å². The minimum Gasteiger partial charge on any atom is -0.465 e. The predicted molar refractivity (Wildman–Crippen MR) is 380 cm³/mol. The van der Waals surface area contributed by atoms with E-state index in [0.29, 0.717) is 0 Å². The second-order valence-electron chi connectivity index (χ2n) is 22.3. The summed E-state index contributed by atoms with van der Waals surface area (Å²) in [4.78, 5) is 47.1. The first-order chi connectivity index (χ1) is 39.2. The molecule has 0 unspecified atom stereocenters. The molecule has 0 saturated carbocycles. The summed E-state index contributed by atoms with van der Waals surface area (Å²) in [5.74, 6) is -0.978. The van der Waals surface area contributed by atoms with Crippen LogP contribution in [0.2, 0.25) is 53.2 Å². The maximum Gasteiger partial charge on any atom is 0.306 e. The standard InChI is InChI=1S/C17H28O8S4.12C4H9.4Sn/c18-13(1-5-26)22-9-17(10-23-14(19)2-6-27,11-24-15(20)3-7-28)12-25-16(21)4-8-29;12*1-3-4-2;;;;/h26-29H,1-12H2;12*1,3-4H2,2H3;;;;. The second-order valence-corrected chi connectivity index (χ2v) is 58.3. The molecule has 0 aliphatic carbocycles. The maximum atomic E-state index is 11.8. The van der Waals surface area contributed by atoms with Crippen molar-refractivity contribution in [3.8, 4) is 0 Å². The van der Waals surface area contributed by atoms with Crippen molar-refractivity contribution in [1.82, 2.24) is 0 Å². The van der Waals surface area contributed by atoms with Gasteiger partial charge in [-0.2, -0.15) is 50.5 Å². The normalized spacial score (nSPS) is 11.0. The van der Waals surface area contributed by atoms with Crippen molar-refractivity contribution in [1.29, 1.82) is 0 Å². The molecule has 4 radical (unpaired) electrons. The van der Waals surface area contributed by atoms with Gasteiger partial charge >= 0.3 is 393 Å². The molecule has 0 amide bonds. The van der Waals surface area contributed by atoms with E-state index in [2.05, 4.69) is 134 Å². The number of esters is 4. The number of carbonyl (C=O) groups excluding carboxylic acids is 4. The predicted octanol–water partition coefficient (Wildman–Crippen LogP) is 21.0. The van der Waals surface area contributed by atoms with Crippen molar-refractivity contribution in [2.45, 2.75) is 316 Å². The van der Waals surface area contributed by atoms with Gasteiger partial charge in [0.25, 0.3) is 0 Å². The van der Waals surface area contributed by atoms with Crippen molar-refractivity contribution < 1.29 is 38.1 Å². The average molecular weight is 1650 g/mol. The molecule has 0 saturated heterocycles. The summed E-state index contributed by atoms with van der Waals surface area (Å²) < 4.78 is 41.0. The van der Waals surface area contributed by atoms with Crippen molar-refractivity contribution in [3.63, 3.8) is 0 Å². The smallest absolute Gasteiger partial charge is 0.306 e. The zero-order valence-corrected chi connectivity index (χ0v) is 70.5. The third-order valence-electron chi connectivity index (χ3n) is 14.0. The quantitative estimate of drug-likeness (QED) is 0.0207. The van der Waals surface area contributed by atoms with Crippen molar-refractivity contribution in [3.05, 3.63) is 0 Å². The van der Waals surface area contributed by atoms with Gasteiger partial charge in [0, 0.05) is 23.0 Å². The number of hydrogen-bond donors (Lipinski definition) is 4. The van der Waals surface area contributed by atoms with Crippen molar-refractivity contribution >= 4 is 153 Å². The first-order valence-electron chi connectivity index (χ1n) is 33.6. The molecule has 81 heavy (non-hydrogen) atoms. The summed E-state index contributed by atoms with van der Waals surface area (Å²) in [6, 6.07) is 0. The molecule has 0 rings (SSSR count). The van der Waals surface area contributed by atoms with E-state index in [1.54, 1.807) is 53.2 Å². The zero-order valence-electron chi connectivity index (χ0n) is 55.5. The molecule has 0 aliphatic heterocycles. The average Bonchev–Trinajstić information content (AvgIpc) is 3.47. The Morgan fingerprint density at radius 2 is 0.383 bits per heavy atom. The summed E-state index contributed by atoms with van der Waals surface area (Å²) >= 11 is 12.5. The molecule has 0 atom stereocenters. The largest absolute Gasteiger partial charge is 0.465 e. The Morgan fingerprint density at radius 3 is 0.481 bits per heavy atom. The number of unbranched alkanes of at least 4 members (excludes halogenated alkanes) is 12. The first-order valence-corrected chi connectivity index (χ1v) is 60.4. The van der Waals surface area contributed by atoms with Gasteiger partial charge in [-0.3, -0.25) is 19.2 Å². The molecular formula is C65H136O8S4Sn4. The van der Waals surface area contributed by atoms with Crippen LogP contribution in [0.15, 0.2) is 0 Å². The minimum atomic E-state index is -1.25. The molecule has 16 heteroatoms. The molecule has 0 N–H and O–H groups in total. The number of ether oxygens (including phenoxy) is 4. The van der Waals surface area contributed by atoms with Crippen LogP contribution in [0, 0.1) is 5.41 Å². The third-order valence-corrected chi connectivity index (χ3v) is 51.2. The molecule has 0 fully saturated rings. The van der Waals surface area contributed by atoms with E-state index in [0.717, 1.165) is 0 Å². The minimum absolute atomic E-state index is 0.0670. The summed E-state index contributed by atoms with van der Waals surface area (Å²) in [7, 11) is 0. The van der Waals surface area contributed by atoms with Gasteiger partial charge in [0.1, 0.15) is 31.8 Å². The van der Waals surface area contributed by atoms with E-state index in [9.17, 15) is 19.2 Å². The molecule has 0 aromatic rings. The monoisotopic (exact) mass is 1650 g/mol. The van der Waals surface area contributed by atoms with Crippen LogP contribution in [0.3, 0.4) is 0 Å². The fourth-order valence-corrected chi connectivity index (χ4v) is 47.0. The fraction of sp³-hybridized carbons (Fsp3) is 0.938. The van der Waals surface area contributed by atoms with Gasteiger partial charge < -0.3 is 18.9 Å². The van der Waals surface area contributed by atoms with Gasteiger partial charge in [-0.15, -0.1) is 0 Å². The van der Waals surface area contributed by atoms with Gasteiger partial charge in [0.15, 0.2) is 0 Å². The Bertz CT molecular complexity index is 1030. The van der Waals surface area contributed by atoms with Crippen LogP contribution in [0.4, 0.5) is 0 Å². The molecule has 0 spiro atoms. The van der Waals surface area contributed by atoms with Crippen molar-refractivity contribution in [2.75, 3.05) is 49.4 Å². The summed E-state index contributed by atoms with van der Waals surface area (Å²) in [6.45, 7) is 26.9. The Balaban J connectivity index is -0.000000315. The fourth-order valence-electron chi connectivity index (χ4n) is 8.46. The number of carbonyl (C=O) groups is 4. The molecule has 0 bridgehead atoms. The Labute approximate surface area is 556 Å². The van der Waals surface area contributed by atoms with E-state index < -0.39 is 108 Å². The van der Waals surface area contributed by atoms with E-state index in [4.69, 9.17) is 18.9 Å². The SMILES string of the molecule is CCC[CH2][Sn]([CH2]CCC)[CH2]CCC.CCC[CH2][Sn]([CH2]CCC)[CH2]CCC.CCC[CH2][Sn]([CH2]CCC)[CH2]CCC.CCC[CH2][Sn]([CH2]CCC)[CH2]CCC.O=C(CCS)OCC(COC(=O)CCS)(COC(=O)CCS)COC(=O)CCS. The Morgan fingerprint density at radius 1 is 0.259 bits per heavy atom. The Hall–Kier alpha value is 2.47. The van der Waals surface area contributed by atoms with Crippen LogP contribution in [0.5, 0.6) is 0 Å². The number of thiol groups is 4. The number of rotatable bonds is 52. The molecule has 0 aromatic heterocycles. The summed E-state index contributed by atoms with van der Waals surface area (Å²) in [5.41, 5.74) is -1.25. The van der Waals surface area contributed by atoms with Gasteiger partial charge in [-0.1, -0.05) is 0 Å². The second kappa shape index (κ2) is 76.7. The Kier molecular flexibility index (Phi) is 87.3. The number of hydrogen-bond acceptors (Lipinski definition) is 12. The van der Waals surface area contributed by atoms with Crippen LogP contribution in [0.1, 0.15) is 263 Å². The molecule has 0 aromatic carbocycles. The first kappa shape index (κ1) is 92.2. The third kappa shape index (κ3) is 71.4. The van der Waals surface area contributed by atoms with Crippen LogP contribution in [-0.4, -0.2) is 152 Å². The topological polar surface area (TPSA) is 105 Å². The molecule has 8 nitrogen and oxygen atoms in total. The van der Waals surface area contributed by atoms with Crippen LogP contribution in [0.25, 0.3) is 0 Å². The van der Waals surface area contributed by atoms with Crippen LogP contribution < -0.4 is 0 Å². The molecular weight excluding hydrogens is 1510 g/mol. The van der Waals surface area contributed by atoms with Crippen LogP contribution in [-0.2, 0) is 38.1 Å².